The average molecular weight is 889 g/mol. The minimum atomic E-state index is -3.91. The van der Waals surface area contributed by atoms with Crippen molar-refractivity contribution in [3.8, 4) is 17.1 Å². The number of benzene rings is 2. The van der Waals surface area contributed by atoms with Gasteiger partial charge in [0.15, 0.2) is 41.8 Å². The lowest BCUT2D eigenvalue weighted by atomic mass is 10.1. The highest BCUT2D eigenvalue weighted by Gasteiger charge is 2.40. The molecule has 8 rings (SSSR count). The first-order chi connectivity index (χ1) is 29.3. The Morgan fingerprint density at radius 3 is 2.21 bits per heavy atom. The number of ether oxygens (including phenoxy) is 2. The van der Waals surface area contributed by atoms with Gasteiger partial charge in [-0.25, -0.2) is 31.8 Å². The fraction of sp³-hybridized carbons (Fsp3) is 0.511. The van der Waals surface area contributed by atoms with Gasteiger partial charge in [0.1, 0.15) is 34.5 Å². The van der Waals surface area contributed by atoms with Gasteiger partial charge in [0.05, 0.1) is 25.2 Å². The fourth-order valence-electron chi connectivity index (χ4n) is 7.67. The highest BCUT2D eigenvalue weighted by atomic mass is 32.2. The third-order valence-electron chi connectivity index (χ3n) is 12.7. The lowest BCUT2D eigenvalue weighted by molar-refractivity contribution is -0.0410. The minimum absolute atomic E-state index is 0.00590. The average Bonchev–Trinajstić information content (AvgIpc) is 4.17. The number of rotatable bonds is 15. The van der Waals surface area contributed by atoms with Crippen molar-refractivity contribution in [3.63, 3.8) is 0 Å². The van der Waals surface area contributed by atoms with E-state index in [1.54, 1.807) is 7.11 Å². The smallest absolute Gasteiger partial charge is 0.232 e. The third-order valence-corrected chi connectivity index (χ3v) is 18.3. The van der Waals surface area contributed by atoms with E-state index in [0.29, 0.717) is 54.5 Å². The van der Waals surface area contributed by atoms with Gasteiger partial charge in [0, 0.05) is 56.4 Å². The molecule has 332 valence electrons. The molecule has 0 radical (unpaired) electrons. The van der Waals surface area contributed by atoms with Crippen LogP contribution in [0.2, 0.25) is 18.1 Å². The summed E-state index contributed by atoms with van der Waals surface area (Å²) in [6, 6.07) is 11.6. The lowest BCUT2D eigenvalue weighted by Crippen LogP contribution is -2.40. The van der Waals surface area contributed by atoms with Gasteiger partial charge in [-0.2, -0.15) is 10.1 Å². The van der Waals surface area contributed by atoms with Crippen LogP contribution in [0.1, 0.15) is 106 Å². The molecule has 1 atom stereocenters. The van der Waals surface area contributed by atoms with E-state index >= 15 is 8.78 Å². The Morgan fingerprint density at radius 1 is 0.952 bits per heavy atom. The first-order valence-corrected chi connectivity index (χ1v) is 26.3. The highest BCUT2D eigenvalue weighted by molar-refractivity contribution is 7.90. The van der Waals surface area contributed by atoms with Gasteiger partial charge in [-0.15, -0.1) is 0 Å². The molecule has 62 heavy (non-hydrogen) atoms. The SMILES string of the molecule is COc1ccc(CN(c2cc(C3CC3)n(C3CCCCO3)n2)c2nc(N(C)c3c(F)cc(S(C)(=O)=O)cc3F)nc(-c3cn(C)c(CO[Si](C)(C)C(C)(C)C)n3)c2C2CC2)cc1. The Morgan fingerprint density at radius 2 is 1.63 bits per heavy atom. The maximum absolute atomic E-state index is 16.0. The number of anilines is 4. The zero-order valence-electron chi connectivity index (χ0n) is 37.2. The normalized spacial score (nSPS) is 17.4. The summed E-state index contributed by atoms with van der Waals surface area (Å²) in [7, 11) is -1.01. The Hall–Kier alpha value is -4.71. The summed E-state index contributed by atoms with van der Waals surface area (Å²) in [5, 5.41) is 5.31. The molecule has 3 fully saturated rings. The molecule has 1 saturated heterocycles. The van der Waals surface area contributed by atoms with E-state index in [0.717, 1.165) is 85.9 Å². The van der Waals surface area contributed by atoms with Gasteiger partial charge in [0.25, 0.3) is 0 Å². The third kappa shape index (κ3) is 9.04. The maximum Gasteiger partial charge on any atom is 0.232 e. The second kappa shape index (κ2) is 16.8. The first-order valence-electron chi connectivity index (χ1n) is 21.5. The number of imidazole rings is 1. The van der Waals surface area contributed by atoms with Crippen LogP contribution >= 0.6 is 0 Å². The molecule has 5 aromatic rings. The van der Waals surface area contributed by atoms with Crippen LogP contribution in [0, 0.1) is 11.6 Å². The molecule has 17 heteroatoms. The predicted octanol–water partition coefficient (Wildman–Crippen LogP) is 9.85. The van der Waals surface area contributed by atoms with E-state index in [2.05, 4.69) is 49.5 Å². The quantitative estimate of drug-likeness (QED) is 0.0932. The number of hydrogen-bond donors (Lipinski definition) is 0. The van der Waals surface area contributed by atoms with E-state index in [1.165, 1.54) is 11.9 Å². The molecule has 13 nitrogen and oxygen atoms in total. The molecule has 3 aromatic heterocycles. The largest absolute Gasteiger partial charge is 0.497 e. The Bertz CT molecular complexity index is 2540. The number of aromatic nitrogens is 6. The van der Waals surface area contributed by atoms with Crippen LogP contribution in [-0.2, 0) is 39.2 Å². The molecule has 0 N–H and O–H groups in total. The molecule has 0 bridgehead atoms. The van der Waals surface area contributed by atoms with Crippen molar-refractivity contribution in [3.05, 3.63) is 82.9 Å². The van der Waals surface area contributed by atoms with Gasteiger partial charge >= 0.3 is 0 Å². The monoisotopic (exact) mass is 888 g/mol. The number of hydrogen-bond acceptors (Lipinski definition) is 11. The molecule has 1 unspecified atom stereocenters. The minimum Gasteiger partial charge on any atom is -0.497 e. The van der Waals surface area contributed by atoms with E-state index in [9.17, 15) is 8.42 Å². The molecule has 2 aromatic carbocycles. The van der Waals surface area contributed by atoms with Crippen LogP contribution in [-0.4, -0.2) is 73.1 Å². The van der Waals surface area contributed by atoms with Crippen molar-refractivity contribution in [2.24, 2.45) is 7.05 Å². The van der Waals surface area contributed by atoms with Crippen molar-refractivity contribution in [1.29, 1.82) is 0 Å². The Balaban J connectivity index is 1.34. The molecule has 2 saturated carbocycles. The maximum atomic E-state index is 16.0. The van der Waals surface area contributed by atoms with Crippen LogP contribution in [0.25, 0.3) is 11.4 Å². The summed E-state index contributed by atoms with van der Waals surface area (Å²) >= 11 is 0. The van der Waals surface area contributed by atoms with E-state index in [-0.39, 0.29) is 23.1 Å². The van der Waals surface area contributed by atoms with Gasteiger partial charge in [-0.1, -0.05) is 32.9 Å². The van der Waals surface area contributed by atoms with E-state index < -0.39 is 40.4 Å². The Labute approximate surface area is 364 Å². The van der Waals surface area contributed by atoms with Gasteiger partial charge in [-0.05, 0) is 98.8 Å². The number of nitrogens with zero attached hydrogens (tertiary/aromatic N) is 8. The van der Waals surface area contributed by atoms with Crippen molar-refractivity contribution in [2.75, 3.05) is 36.8 Å². The number of sulfone groups is 1. The van der Waals surface area contributed by atoms with Gasteiger partial charge < -0.3 is 28.3 Å². The zero-order valence-corrected chi connectivity index (χ0v) is 39.0. The topological polar surface area (TPSA) is 130 Å². The molecule has 3 aliphatic rings. The summed E-state index contributed by atoms with van der Waals surface area (Å²) in [4.78, 5) is 18.3. The Kier molecular flexibility index (Phi) is 11.9. The molecule has 0 spiro atoms. The molecule has 1 aliphatic heterocycles. The van der Waals surface area contributed by atoms with Crippen LogP contribution in [0.15, 0.2) is 53.6 Å². The molecular formula is C45H58F2N8O5SSi. The summed E-state index contributed by atoms with van der Waals surface area (Å²) in [5.41, 5.74) is 3.52. The van der Waals surface area contributed by atoms with Crippen molar-refractivity contribution in [2.45, 2.75) is 120 Å². The number of methoxy groups -OCH3 is 1. The van der Waals surface area contributed by atoms with Crippen LogP contribution in [0.4, 0.5) is 32.1 Å². The summed E-state index contributed by atoms with van der Waals surface area (Å²) in [6.45, 7) is 12.3. The summed E-state index contributed by atoms with van der Waals surface area (Å²) in [5.74, 6) is 0.917. The molecule has 0 amide bonds. The predicted molar refractivity (Wildman–Crippen MR) is 238 cm³/mol. The highest BCUT2D eigenvalue weighted by Crippen LogP contribution is 2.51. The van der Waals surface area contributed by atoms with E-state index in [4.69, 9.17) is 34.0 Å². The zero-order chi connectivity index (χ0) is 44.3. The second-order valence-electron chi connectivity index (χ2n) is 18.6. The van der Waals surface area contributed by atoms with Crippen molar-refractivity contribution in [1.82, 2.24) is 29.3 Å². The standard InChI is InChI=1S/C45H58F2N8O5SSi/c1-45(2,3)62(8,9)60-27-38-48-35(26-52(38)4)41-40(30-17-18-30)43(50-44(49-41)53(5)42-33(46)22-32(23-34(42)47)61(7,56)57)54(25-28-13-19-31(58-6)20-14-28)37-24-36(29-15-16-29)55(51-37)39-12-10-11-21-59-39/h13-14,19-20,22-24,26,29-30,39H,10-12,15-18,21,25,27H2,1-9H3. The van der Waals surface area contributed by atoms with Crippen LogP contribution < -0.4 is 14.5 Å². The van der Waals surface area contributed by atoms with Crippen molar-refractivity contribution < 1.29 is 31.1 Å². The molecule has 2 aliphatic carbocycles. The summed E-state index contributed by atoms with van der Waals surface area (Å²) < 4.78 is 79.3. The number of halogens is 2. The van der Waals surface area contributed by atoms with Crippen molar-refractivity contribution >= 4 is 41.4 Å². The van der Waals surface area contributed by atoms with Gasteiger partial charge in [0.2, 0.25) is 5.95 Å². The number of aryl methyl sites for hydroxylation is 1. The van der Waals surface area contributed by atoms with E-state index in [1.807, 2.05) is 42.1 Å². The second-order valence-corrected chi connectivity index (χ2v) is 25.4. The van der Waals surface area contributed by atoms with Crippen LogP contribution in [0.3, 0.4) is 0 Å². The fourth-order valence-corrected chi connectivity index (χ4v) is 9.23. The summed E-state index contributed by atoms with van der Waals surface area (Å²) in [6.07, 6.45) is 9.44. The first kappa shape index (κ1) is 43.9. The van der Waals surface area contributed by atoms with Crippen LogP contribution in [0.5, 0.6) is 5.75 Å². The lowest BCUT2D eigenvalue weighted by Gasteiger charge is -2.35. The van der Waals surface area contributed by atoms with Gasteiger partial charge in [-0.3, -0.25) is 0 Å². The molecule has 4 heterocycles. The molecular weight excluding hydrogens is 831 g/mol.